The number of hydrogen-bond donors (Lipinski definition) is 2. The SMILES string of the molecule is CCc1ccccc1NC(=O)[C@H](C)NS(=O)(=O)c1ccc(F)cc1. The van der Waals surface area contributed by atoms with Crippen molar-refractivity contribution in [2.24, 2.45) is 0 Å². The van der Waals surface area contributed by atoms with Crippen LogP contribution in [0.4, 0.5) is 10.1 Å². The second-order valence-corrected chi connectivity index (χ2v) is 7.01. The molecule has 0 bridgehead atoms. The normalized spacial score (nSPS) is 12.6. The zero-order chi connectivity index (χ0) is 17.7. The third kappa shape index (κ3) is 4.39. The molecule has 2 aromatic rings. The summed E-state index contributed by atoms with van der Waals surface area (Å²) in [6, 6.07) is 10.7. The lowest BCUT2D eigenvalue weighted by molar-refractivity contribution is -0.117. The Balaban J connectivity index is 2.09. The van der Waals surface area contributed by atoms with Gasteiger partial charge in [-0.3, -0.25) is 4.79 Å². The van der Waals surface area contributed by atoms with Gasteiger partial charge in [-0.05, 0) is 49.2 Å². The Morgan fingerprint density at radius 2 is 1.75 bits per heavy atom. The molecule has 0 aliphatic heterocycles. The second kappa shape index (κ2) is 7.55. The standard InChI is InChI=1S/C17H19FN2O3S/c1-3-13-6-4-5-7-16(13)19-17(21)12(2)20-24(22,23)15-10-8-14(18)9-11-15/h4-12,20H,3H2,1-2H3,(H,19,21)/t12-/m0/s1. The van der Waals surface area contributed by atoms with E-state index in [1.807, 2.05) is 19.1 Å². The van der Waals surface area contributed by atoms with Gasteiger partial charge < -0.3 is 5.32 Å². The highest BCUT2D eigenvalue weighted by Crippen LogP contribution is 2.16. The van der Waals surface area contributed by atoms with Gasteiger partial charge in [-0.15, -0.1) is 0 Å². The minimum Gasteiger partial charge on any atom is -0.324 e. The van der Waals surface area contributed by atoms with Crippen molar-refractivity contribution in [2.45, 2.75) is 31.2 Å². The molecule has 0 aliphatic carbocycles. The molecule has 2 rings (SSSR count). The van der Waals surface area contributed by atoms with E-state index in [9.17, 15) is 17.6 Å². The fraction of sp³-hybridized carbons (Fsp3) is 0.235. The number of anilines is 1. The van der Waals surface area contributed by atoms with E-state index >= 15 is 0 Å². The maximum absolute atomic E-state index is 12.9. The first-order valence-corrected chi connectivity index (χ1v) is 8.98. The molecule has 0 fully saturated rings. The molecule has 0 aliphatic rings. The van der Waals surface area contributed by atoms with Crippen molar-refractivity contribution in [1.82, 2.24) is 4.72 Å². The predicted molar refractivity (Wildman–Crippen MR) is 90.6 cm³/mol. The van der Waals surface area contributed by atoms with Crippen LogP contribution in [0, 0.1) is 5.82 Å². The molecule has 24 heavy (non-hydrogen) atoms. The van der Waals surface area contributed by atoms with Crippen LogP contribution in [0.3, 0.4) is 0 Å². The van der Waals surface area contributed by atoms with Crippen LogP contribution in [0.25, 0.3) is 0 Å². The molecule has 128 valence electrons. The van der Waals surface area contributed by atoms with E-state index in [0.717, 1.165) is 36.2 Å². The number of nitrogens with one attached hydrogen (secondary N) is 2. The lowest BCUT2D eigenvalue weighted by Gasteiger charge is -2.16. The van der Waals surface area contributed by atoms with Crippen LogP contribution in [0.15, 0.2) is 53.4 Å². The Bertz CT molecular complexity index is 820. The maximum atomic E-state index is 12.9. The summed E-state index contributed by atoms with van der Waals surface area (Å²) < 4.78 is 39.6. The van der Waals surface area contributed by atoms with E-state index in [-0.39, 0.29) is 4.90 Å². The van der Waals surface area contributed by atoms with Gasteiger partial charge in [0.05, 0.1) is 10.9 Å². The summed E-state index contributed by atoms with van der Waals surface area (Å²) in [7, 11) is -3.91. The first kappa shape index (κ1) is 18.1. The van der Waals surface area contributed by atoms with E-state index < -0.39 is 27.8 Å². The van der Waals surface area contributed by atoms with Crippen LogP contribution in [0.1, 0.15) is 19.4 Å². The molecule has 2 aromatic carbocycles. The molecular formula is C17H19FN2O3S. The number of rotatable bonds is 6. The molecule has 0 saturated carbocycles. The lowest BCUT2D eigenvalue weighted by Crippen LogP contribution is -2.41. The van der Waals surface area contributed by atoms with Gasteiger partial charge in [0.25, 0.3) is 0 Å². The number of carbonyl (C=O) groups excluding carboxylic acids is 1. The van der Waals surface area contributed by atoms with Gasteiger partial charge in [0.2, 0.25) is 15.9 Å². The highest BCUT2D eigenvalue weighted by Gasteiger charge is 2.22. The minimum atomic E-state index is -3.91. The van der Waals surface area contributed by atoms with Gasteiger partial charge in [0, 0.05) is 5.69 Å². The molecule has 1 amide bonds. The monoisotopic (exact) mass is 350 g/mol. The number of hydrogen-bond acceptors (Lipinski definition) is 3. The molecule has 2 N–H and O–H groups in total. The Hall–Kier alpha value is -2.25. The van der Waals surface area contributed by atoms with Gasteiger partial charge in [-0.25, -0.2) is 12.8 Å². The second-order valence-electron chi connectivity index (χ2n) is 5.30. The maximum Gasteiger partial charge on any atom is 0.242 e. The summed E-state index contributed by atoms with van der Waals surface area (Å²) in [6.45, 7) is 3.41. The number of sulfonamides is 1. The highest BCUT2D eigenvalue weighted by atomic mass is 32.2. The van der Waals surface area contributed by atoms with Crippen molar-refractivity contribution in [3.05, 3.63) is 59.9 Å². The van der Waals surface area contributed by atoms with Gasteiger partial charge >= 0.3 is 0 Å². The number of amides is 1. The molecule has 0 saturated heterocycles. The number of benzene rings is 2. The Kier molecular flexibility index (Phi) is 5.69. The molecule has 0 aromatic heterocycles. The van der Waals surface area contributed by atoms with E-state index in [1.54, 1.807) is 12.1 Å². The average molecular weight is 350 g/mol. The summed E-state index contributed by atoms with van der Waals surface area (Å²) in [5.74, 6) is -1.00. The third-order valence-corrected chi connectivity index (χ3v) is 5.06. The van der Waals surface area contributed by atoms with Crippen molar-refractivity contribution in [3.8, 4) is 0 Å². The number of carbonyl (C=O) groups is 1. The molecule has 0 spiro atoms. The highest BCUT2D eigenvalue weighted by molar-refractivity contribution is 7.89. The number of halogens is 1. The van der Waals surface area contributed by atoms with E-state index in [4.69, 9.17) is 0 Å². The van der Waals surface area contributed by atoms with Crippen LogP contribution in [0.2, 0.25) is 0 Å². The van der Waals surface area contributed by atoms with Gasteiger partial charge in [-0.2, -0.15) is 4.72 Å². The number of aryl methyl sites for hydroxylation is 1. The zero-order valence-electron chi connectivity index (χ0n) is 13.4. The van der Waals surface area contributed by atoms with Crippen LogP contribution in [-0.2, 0) is 21.2 Å². The van der Waals surface area contributed by atoms with Crippen molar-refractivity contribution >= 4 is 21.6 Å². The van der Waals surface area contributed by atoms with Crippen molar-refractivity contribution in [1.29, 1.82) is 0 Å². The smallest absolute Gasteiger partial charge is 0.242 e. The Morgan fingerprint density at radius 3 is 2.38 bits per heavy atom. The van der Waals surface area contributed by atoms with E-state index in [0.29, 0.717) is 5.69 Å². The zero-order valence-corrected chi connectivity index (χ0v) is 14.2. The fourth-order valence-corrected chi connectivity index (χ4v) is 3.36. The van der Waals surface area contributed by atoms with E-state index in [2.05, 4.69) is 10.0 Å². The summed E-state index contributed by atoms with van der Waals surface area (Å²) >= 11 is 0. The van der Waals surface area contributed by atoms with Crippen LogP contribution >= 0.6 is 0 Å². The van der Waals surface area contributed by atoms with Crippen molar-refractivity contribution in [3.63, 3.8) is 0 Å². The topological polar surface area (TPSA) is 75.3 Å². The van der Waals surface area contributed by atoms with Crippen LogP contribution in [-0.4, -0.2) is 20.4 Å². The summed E-state index contributed by atoms with van der Waals surface area (Å²) in [4.78, 5) is 12.1. The molecule has 0 unspecified atom stereocenters. The molecule has 0 heterocycles. The quantitative estimate of drug-likeness (QED) is 0.841. The van der Waals surface area contributed by atoms with Crippen molar-refractivity contribution < 1.29 is 17.6 Å². The van der Waals surface area contributed by atoms with Crippen molar-refractivity contribution in [2.75, 3.05) is 5.32 Å². The molecule has 1 atom stereocenters. The predicted octanol–water partition coefficient (Wildman–Crippen LogP) is 2.69. The summed E-state index contributed by atoms with van der Waals surface area (Å²) in [5, 5.41) is 2.72. The Morgan fingerprint density at radius 1 is 1.12 bits per heavy atom. The molecular weight excluding hydrogens is 331 g/mol. The largest absolute Gasteiger partial charge is 0.324 e. The molecule has 5 nitrogen and oxygen atoms in total. The van der Waals surface area contributed by atoms with Gasteiger partial charge in [-0.1, -0.05) is 25.1 Å². The van der Waals surface area contributed by atoms with Crippen LogP contribution in [0.5, 0.6) is 0 Å². The first-order chi connectivity index (χ1) is 11.3. The molecule has 0 radical (unpaired) electrons. The summed E-state index contributed by atoms with van der Waals surface area (Å²) in [5.41, 5.74) is 1.61. The molecule has 7 heteroatoms. The lowest BCUT2D eigenvalue weighted by atomic mass is 10.1. The van der Waals surface area contributed by atoms with Crippen LogP contribution < -0.4 is 10.0 Å². The first-order valence-electron chi connectivity index (χ1n) is 7.50. The number of para-hydroxylation sites is 1. The summed E-state index contributed by atoms with van der Waals surface area (Å²) in [6.07, 6.45) is 0.742. The van der Waals surface area contributed by atoms with Gasteiger partial charge in [0.1, 0.15) is 5.82 Å². The van der Waals surface area contributed by atoms with Gasteiger partial charge in [0.15, 0.2) is 0 Å². The van der Waals surface area contributed by atoms with E-state index in [1.165, 1.54) is 6.92 Å². The third-order valence-electron chi connectivity index (χ3n) is 3.51. The average Bonchev–Trinajstić information content (AvgIpc) is 2.55. The minimum absolute atomic E-state index is 0.0995. The Labute approximate surface area is 141 Å². The fourth-order valence-electron chi connectivity index (χ4n) is 2.16.